The van der Waals surface area contributed by atoms with Crippen molar-refractivity contribution < 1.29 is 8.94 Å². The van der Waals surface area contributed by atoms with Crippen molar-refractivity contribution in [1.29, 1.82) is 0 Å². The largest absolute Gasteiger partial charge is 0.472 e. The van der Waals surface area contributed by atoms with Gasteiger partial charge in [-0.25, -0.2) is 0 Å². The molecule has 2 heterocycles. The van der Waals surface area contributed by atoms with Crippen LogP contribution in [0.15, 0.2) is 27.5 Å². The lowest BCUT2D eigenvalue weighted by molar-refractivity contribution is 0.209. The Bertz CT molecular complexity index is 531. The maximum absolute atomic E-state index is 5.31. The fourth-order valence-corrected chi connectivity index (χ4v) is 2.82. The van der Waals surface area contributed by atoms with E-state index in [1.54, 1.807) is 12.5 Å². The van der Waals surface area contributed by atoms with Crippen LogP contribution in [-0.2, 0) is 6.54 Å². The molecule has 1 fully saturated rings. The van der Waals surface area contributed by atoms with Crippen molar-refractivity contribution in [1.82, 2.24) is 15.5 Å². The summed E-state index contributed by atoms with van der Waals surface area (Å²) in [6, 6.07) is 2.42. The van der Waals surface area contributed by atoms with Crippen LogP contribution in [0.2, 0.25) is 0 Å². The van der Waals surface area contributed by atoms with Gasteiger partial charge in [0.15, 0.2) is 0 Å². The van der Waals surface area contributed by atoms with Crippen LogP contribution < -0.4 is 5.32 Å². The Morgan fingerprint density at radius 2 is 2.33 bits per heavy atom. The average Bonchev–Trinajstić information content (AvgIpc) is 3.09. The normalized spacial score (nSPS) is 16.8. The zero-order valence-electron chi connectivity index (χ0n) is 12.5. The van der Waals surface area contributed by atoms with Gasteiger partial charge in [0, 0.05) is 6.04 Å². The molecule has 0 saturated heterocycles. The molecule has 0 amide bonds. The third kappa shape index (κ3) is 3.53. The van der Waals surface area contributed by atoms with Crippen LogP contribution in [0.4, 0.5) is 0 Å². The van der Waals surface area contributed by atoms with Crippen LogP contribution in [0.3, 0.4) is 0 Å². The van der Waals surface area contributed by atoms with Crippen LogP contribution in [-0.4, -0.2) is 16.2 Å². The van der Waals surface area contributed by atoms with Crippen molar-refractivity contribution in [2.24, 2.45) is 5.92 Å². The van der Waals surface area contributed by atoms with Gasteiger partial charge in [-0.1, -0.05) is 31.3 Å². The monoisotopic (exact) mass is 289 g/mol. The van der Waals surface area contributed by atoms with Gasteiger partial charge in [0.2, 0.25) is 11.7 Å². The van der Waals surface area contributed by atoms with Gasteiger partial charge < -0.3 is 14.3 Å². The summed E-state index contributed by atoms with van der Waals surface area (Å²) in [4.78, 5) is 4.41. The molecule has 1 N–H and O–H groups in total. The summed E-state index contributed by atoms with van der Waals surface area (Å²) in [7, 11) is 0. The highest BCUT2D eigenvalue weighted by Crippen LogP contribution is 2.31. The number of unbranched alkanes of at least 4 members (excludes halogenated alkanes) is 1. The number of nitrogens with zero attached hydrogens (tertiary/aromatic N) is 2. The van der Waals surface area contributed by atoms with Gasteiger partial charge in [0.1, 0.15) is 6.26 Å². The lowest BCUT2D eigenvalue weighted by atomic mass is 9.78. The molecule has 5 heteroatoms. The first kappa shape index (κ1) is 14.3. The summed E-state index contributed by atoms with van der Waals surface area (Å²) in [5.74, 6) is 2.06. The third-order valence-electron chi connectivity index (χ3n) is 4.35. The van der Waals surface area contributed by atoms with E-state index >= 15 is 0 Å². The highest BCUT2D eigenvalue weighted by molar-refractivity contribution is 5.51. The van der Waals surface area contributed by atoms with Gasteiger partial charge in [-0.15, -0.1) is 0 Å². The first-order valence-corrected chi connectivity index (χ1v) is 7.95. The SMILES string of the molecule is CCCCC(NCc1nc(-c2ccoc2)no1)C1CCC1. The highest BCUT2D eigenvalue weighted by atomic mass is 16.5. The third-order valence-corrected chi connectivity index (χ3v) is 4.35. The number of aromatic nitrogens is 2. The molecule has 0 bridgehead atoms. The standard InChI is InChI=1S/C16H23N3O2/c1-2-3-7-14(12-5-4-6-12)17-10-15-18-16(19-21-15)13-8-9-20-11-13/h8-9,11-12,14,17H,2-7,10H2,1H3. The van der Waals surface area contributed by atoms with E-state index in [2.05, 4.69) is 22.4 Å². The Hall–Kier alpha value is -1.62. The molecule has 1 unspecified atom stereocenters. The zero-order valence-corrected chi connectivity index (χ0v) is 12.5. The summed E-state index contributed by atoms with van der Waals surface area (Å²) in [5.41, 5.74) is 0.853. The van der Waals surface area contributed by atoms with E-state index in [1.165, 1.54) is 38.5 Å². The van der Waals surface area contributed by atoms with Crippen LogP contribution in [0.25, 0.3) is 11.4 Å². The second-order valence-corrected chi connectivity index (χ2v) is 5.84. The van der Waals surface area contributed by atoms with Crippen LogP contribution in [0, 0.1) is 5.92 Å². The molecule has 2 aromatic heterocycles. The minimum atomic E-state index is 0.586. The first-order valence-electron chi connectivity index (χ1n) is 7.95. The molecule has 3 rings (SSSR count). The van der Waals surface area contributed by atoms with Gasteiger partial charge in [0.25, 0.3) is 0 Å². The van der Waals surface area contributed by atoms with Crippen LogP contribution >= 0.6 is 0 Å². The lowest BCUT2D eigenvalue weighted by Gasteiger charge is -2.34. The van der Waals surface area contributed by atoms with Crippen LogP contribution in [0.1, 0.15) is 51.3 Å². The molecule has 1 aliphatic carbocycles. The van der Waals surface area contributed by atoms with Crippen molar-refractivity contribution in [3.05, 3.63) is 24.5 Å². The molecule has 0 aliphatic heterocycles. The lowest BCUT2D eigenvalue weighted by Crippen LogP contribution is -2.39. The van der Waals surface area contributed by atoms with Gasteiger partial charge in [-0.2, -0.15) is 4.98 Å². The zero-order chi connectivity index (χ0) is 14.5. The van der Waals surface area contributed by atoms with Crippen molar-refractivity contribution in [2.75, 3.05) is 0 Å². The minimum absolute atomic E-state index is 0.586. The highest BCUT2D eigenvalue weighted by Gasteiger charge is 2.26. The van der Waals surface area contributed by atoms with E-state index in [4.69, 9.17) is 8.94 Å². The summed E-state index contributed by atoms with van der Waals surface area (Å²) in [6.45, 7) is 2.89. The van der Waals surface area contributed by atoms with Crippen molar-refractivity contribution in [2.45, 2.75) is 58.0 Å². The number of nitrogens with one attached hydrogen (secondary N) is 1. The second kappa shape index (κ2) is 6.89. The van der Waals surface area contributed by atoms with Crippen molar-refractivity contribution in [3.8, 4) is 11.4 Å². The van der Waals surface area contributed by atoms with E-state index in [0.29, 0.717) is 24.3 Å². The van der Waals surface area contributed by atoms with Gasteiger partial charge in [-0.05, 0) is 31.2 Å². The molecule has 1 saturated carbocycles. The molecule has 21 heavy (non-hydrogen) atoms. The van der Waals surface area contributed by atoms with Gasteiger partial charge in [-0.3, -0.25) is 0 Å². The smallest absolute Gasteiger partial charge is 0.240 e. The fraction of sp³-hybridized carbons (Fsp3) is 0.625. The van der Waals surface area contributed by atoms with Crippen LogP contribution in [0.5, 0.6) is 0 Å². The summed E-state index contributed by atoms with van der Waals surface area (Å²) < 4.78 is 10.3. The number of hydrogen-bond donors (Lipinski definition) is 1. The second-order valence-electron chi connectivity index (χ2n) is 5.84. The van der Waals surface area contributed by atoms with E-state index in [-0.39, 0.29) is 0 Å². The Morgan fingerprint density at radius 1 is 1.43 bits per heavy atom. The van der Waals surface area contributed by atoms with E-state index in [0.717, 1.165) is 11.5 Å². The predicted molar refractivity (Wildman–Crippen MR) is 79.5 cm³/mol. The molecule has 0 aromatic carbocycles. The first-order chi connectivity index (χ1) is 10.4. The van der Waals surface area contributed by atoms with Gasteiger partial charge in [0.05, 0.1) is 18.4 Å². The Labute approximate surface area is 125 Å². The molecule has 0 spiro atoms. The Morgan fingerprint density at radius 3 is 3.00 bits per heavy atom. The summed E-state index contributed by atoms with van der Waals surface area (Å²) >= 11 is 0. The van der Waals surface area contributed by atoms with E-state index < -0.39 is 0 Å². The molecular formula is C16H23N3O2. The molecular weight excluding hydrogens is 266 g/mol. The molecule has 5 nitrogen and oxygen atoms in total. The van der Waals surface area contributed by atoms with Crippen molar-refractivity contribution >= 4 is 0 Å². The summed E-state index contributed by atoms with van der Waals surface area (Å²) in [5, 5.41) is 7.60. The Balaban J connectivity index is 1.55. The molecule has 1 aliphatic rings. The van der Waals surface area contributed by atoms with Gasteiger partial charge >= 0.3 is 0 Å². The number of hydrogen-bond acceptors (Lipinski definition) is 5. The molecule has 2 aromatic rings. The topological polar surface area (TPSA) is 64.1 Å². The molecule has 0 radical (unpaired) electrons. The maximum atomic E-state index is 5.31. The van der Waals surface area contributed by atoms with Crippen molar-refractivity contribution in [3.63, 3.8) is 0 Å². The fourth-order valence-electron chi connectivity index (χ4n) is 2.82. The predicted octanol–water partition coefficient (Wildman–Crippen LogP) is 3.78. The summed E-state index contributed by atoms with van der Waals surface area (Å²) in [6.07, 6.45) is 11.1. The molecule has 114 valence electrons. The molecule has 1 atom stereocenters. The van der Waals surface area contributed by atoms with E-state index in [1.807, 2.05) is 6.07 Å². The maximum Gasteiger partial charge on any atom is 0.240 e. The average molecular weight is 289 g/mol. The number of furan rings is 1. The minimum Gasteiger partial charge on any atom is -0.472 e. The van der Waals surface area contributed by atoms with E-state index in [9.17, 15) is 0 Å². The quantitative estimate of drug-likeness (QED) is 0.801. The Kier molecular flexibility index (Phi) is 4.70. The number of rotatable bonds is 8.